The largest absolute Gasteiger partial charge is 0.417 e. The molecular formula is C74H87Cl3F3N11. The van der Waals surface area contributed by atoms with Crippen LogP contribution >= 0.6 is 34.8 Å². The summed E-state index contributed by atoms with van der Waals surface area (Å²) < 4.78 is 36.0. The van der Waals surface area contributed by atoms with Crippen LogP contribution in [0.2, 0.25) is 15.2 Å². The number of aromatic nitrogens is 11. The van der Waals surface area contributed by atoms with E-state index in [1.807, 2.05) is 224 Å². The Bertz CT molecular complexity index is 3370. The minimum absolute atomic E-state index is 0.0322. The number of hydrogen-bond donors (Lipinski definition) is 0. The van der Waals surface area contributed by atoms with Crippen LogP contribution in [-0.4, -0.2) is 54.8 Å². The molecule has 91 heavy (non-hydrogen) atoms. The van der Waals surface area contributed by atoms with Gasteiger partial charge in [-0.2, -0.15) is 13.2 Å². The van der Waals surface area contributed by atoms with Crippen molar-refractivity contribution in [1.29, 1.82) is 0 Å². The van der Waals surface area contributed by atoms with Crippen molar-refractivity contribution in [2.24, 2.45) is 0 Å². The molecule has 17 heteroatoms. The Morgan fingerprint density at radius 1 is 0.286 bits per heavy atom. The highest BCUT2D eigenvalue weighted by molar-refractivity contribution is 6.41. The van der Waals surface area contributed by atoms with E-state index < -0.39 is 11.7 Å². The molecule has 0 aliphatic rings. The van der Waals surface area contributed by atoms with Gasteiger partial charge in [-0.25, -0.2) is 4.98 Å². The maximum atomic E-state index is 12.0. The van der Waals surface area contributed by atoms with Crippen LogP contribution in [0.5, 0.6) is 0 Å². The SMILES string of the molecule is Cc1ccc(C)nc1.Cc1ccc(Cl)c(Cl)n1.Cc1cccc(C)n1.Cc1ccccn1.Cc1cccnc1.Cc1cccnc1C.Cc1cccnc1C.Cc1ccnc(C)c1.Cc1ccncc1C.Cc1cncc(C)c1.Cc1ncc(C(F)(F)F)cc1Cl. The van der Waals surface area contributed by atoms with E-state index in [-0.39, 0.29) is 5.02 Å². The molecule has 0 saturated heterocycles. The summed E-state index contributed by atoms with van der Waals surface area (Å²) in [6.07, 6.45) is 16.5. The Balaban J connectivity index is 0.000000502. The van der Waals surface area contributed by atoms with Crippen molar-refractivity contribution in [3.05, 3.63) is 324 Å². The first-order valence-corrected chi connectivity index (χ1v) is 30.0. The van der Waals surface area contributed by atoms with Crippen LogP contribution in [0.25, 0.3) is 0 Å². The van der Waals surface area contributed by atoms with Gasteiger partial charge in [0.1, 0.15) is 5.15 Å². The Morgan fingerprint density at radius 3 is 1.12 bits per heavy atom. The second-order valence-corrected chi connectivity index (χ2v) is 21.9. The summed E-state index contributed by atoms with van der Waals surface area (Å²) in [6.45, 7) is 35.8. The standard InChI is InChI=1S/C7H5ClF3N.7C7H9N.C6H5Cl2N.2C6H7N/c1-4-6(8)2-5(3-12-4)7(9,10)11;1-6-3-7(2)5-8-4-6;1-6-3-4-8-5-7(6)2;1-6-3-4-8-7(2)5-6;1-6-3-4-7(2)8-5-6;2*1-6-4-3-5-8-7(6)2;1-6-4-3-5-7(2)8-6;1-4-2-3-5(7)6(8)9-4;1-6-3-2-4-7-5-6;1-6-4-2-3-5-7-6/h2-3H,1H3;7*3-5H,1-2H3;2-3H,1H3;2*2-5H,1H3. The van der Waals surface area contributed by atoms with E-state index in [4.69, 9.17) is 34.8 Å². The maximum Gasteiger partial charge on any atom is 0.417 e. The highest BCUT2D eigenvalue weighted by Crippen LogP contribution is 2.30. The second kappa shape index (κ2) is 45.5. The van der Waals surface area contributed by atoms with Gasteiger partial charge in [-0.15, -0.1) is 0 Å². The molecule has 480 valence electrons. The zero-order valence-electron chi connectivity index (χ0n) is 55.7. The molecule has 0 aliphatic heterocycles. The normalized spacial score (nSPS) is 9.54. The summed E-state index contributed by atoms with van der Waals surface area (Å²) in [5.41, 5.74) is 19.3. The highest BCUT2D eigenvalue weighted by Gasteiger charge is 2.31. The Hall–Kier alpha value is -8.69. The number of halogens is 6. The molecule has 0 N–H and O–H groups in total. The molecule has 11 heterocycles. The fourth-order valence-electron chi connectivity index (χ4n) is 6.35. The minimum atomic E-state index is -4.37. The van der Waals surface area contributed by atoms with Gasteiger partial charge in [0.2, 0.25) is 0 Å². The molecule has 0 aromatic carbocycles. The van der Waals surface area contributed by atoms with Gasteiger partial charge in [-0.3, -0.25) is 49.8 Å². The van der Waals surface area contributed by atoms with Crippen molar-refractivity contribution in [3.8, 4) is 0 Å². The Morgan fingerprint density at radius 2 is 0.802 bits per heavy atom. The quantitative estimate of drug-likeness (QED) is 0.134. The van der Waals surface area contributed by atoms with Gasteiger partial charge in [0, 0.05) is 120 Å². The van der Waals surface area contributed by atoms with Gasteiger partial charge in [0.15, 0.2) is 0 Å². The van der Waals surface area contributed by atoms with Crippen molar-refractivity contribution in [1.82, 2.24) is 54.8 Å². The first-order chi connectivity index (χ1) is 43.0. The van der Waals surface area contributed by atoms with E-state index in [0.717, 1.165) is 57.8 Å². The number of hydrogen-bond acceptors (Lipinski definition) is 11. The molecule has 11 rings (SSSR count). The second-order valence-electron chi connectivity index (χ2n) is 20.7. The lowest BCUT2D eigenvalue weighted by Gasteiger charge is -2.06. The van der Waals surface area contributed by atoms with Crippen LogP contribution in [0.4, 0.5) is 13.2 Å². The van der Waals surface area contributed by atoms with E-state index in [2.05, 4.69) is 120 Å². The van der Waals surface area contributed by atoms with Gasteiger partial charge in [0.05, 0.1) is 21.3 Å². The topological polar surface area (TPSA) is 142 Å². The molecule has 0 fully saturated rings. The minimum Gasteiger partial charge on any atom is -0.264 e. The van der Waals surface area contributed by atoms with Crippen LogP contribution < -0.4 is 0 Å². The molecule has 0 unspecified atom stereocenters. The van der Waals surface area contributed by atoms with Crippen LogP contribution in [0.3, 0.4) is 0 Å². The molecular weight excluding hydrogens is 1210 g/mol. The average molecular weight is 1290 g/mol. The van der Waals surface area contributed by atoms with Gasteiger partial charge in [0.25, 0.3) is 0 Å². The summed E-state index contributed by atoms with van der Waals surface area (Å²) in [4.78, 5) is 43.6. The Labute approximate surface area is 554 Å². The van der Waals surface area contributed by atoms with Gasteiger partial charge < -0.3 is 0 Å². The van der Waals surface area contributed by atoms with Crippen molar-refractivity contribution in [2.45, 2.75) is 131 Å². The van der Waals surface area contributed by atoms with E-state index in [9.17, 15) is 13.2 Å². The fraction of sp³-hybridized carbons (Fsp3) is 0.257. The van der Waals surface area contributed by atoms with Crippen molar-refractivity contribution in [3.63, 3.8) is 0 Å². The summed E-state index contributed by atoms with van der Waals surface area (Å²) in [6, 6.07) is 40.4. The zero-order valence-corrected chi connectivity index (χ0v) is 58.0. The highest BCUT2D eigenvalue weighted by atomic mass is 35.5. The molecule has 11 nitrogen and oxygen atoms in total. The first-order valence-electron chi connectivity index (χ1n) is 28.9. The molecule has 0 saturated carbocycles. The first kappa shape index (κ1) is 80.3. The molecule has 0 radical (unpaired) electrons. The van der Waals surface area contributed by atoms with Crippen molar-refractivity contribution < 1.29 is 13.2 Å². The summed E-state index contributed by atoms with van der Waals surface area (Å²) >= 11 is 16.6. The predicted octanol–water partition coefficient (Wildman–Crippen LogP) is 20.4. The molecule has 11 aromatic rings. The molecule has 0 spiro atoms. The number of alkyl halides is 3. The third kappa shape index (κ3) is 40.5. The van der Waals surface area contributed by atoms with Gasteiger partial charge in [-0.05, 0) is 260 Å². The monoisotopic (exact) mass is 1290 g/mol. The number of pyridine rings is 11. The third-order valence-electron chi connectivity index (χ3n) is 11.9. The molecule has 0 aliphatic carbocycles. The average Bonchev–Trinajstić information content (AvgIpc) is 2.05. The summed E-state index contributed by atoms with van der Waals surface area (Å²) in [5, 5.41) is 0.906. The predicted molar refractivity (Wildman–Crippen MR) is 372 cm³/mol. The number of nitrogens with zero attached hydrogens (tertiary/aromatic N) is 11. The molecule has 0 atom stereocenters. The van der Waals surface area contributed by atoms with Crippen LogP contribution in [-0.2, 0) is 6.18 Å². The van der Waals surface area contributed by atoms with Gasteiger partial charge in [-0.1, -0.05) is 77.3 Å². The van der Waals surface area contributed by atoms with Crippen LogP contribution in [0.15, 0.2) is 202 Å². The number of aryl methyl sites for hydroxylation is 18. The van der Waals surface area contributed by atoms with Crippen molar-refractivity contribution in [2.75, 3.05) is 0 Å². The molecule has 0 amide bonds. The number of rotatable bonds is 0. The van der Waals surface area contributed by atoms with E-state index in [1.54, 1.807) is 25.4 Å². The molecule has 11 aromatic heterocycles. The lowest BCUT2D eigenvalue weighted by molar-refractivity contribution is -0.137. The zero-order chi connectivity index (χ0) is 68.3. The van der Waals surface area contributed by atoms with Crippen LogP contribution in [0, 0.1) is 125 Å². The van der Waals surface area contributed by atoms with E-state index in [1.165, 1.54) is 50.1 Å². The lowest BCUT2D eigenvalue weighted by Crippen LogP contribution is -2.05. The molecule has 0 bridgehead atoms. The summed E-state index contributed by atoms with van der Waals surface area (Å²) in [5.74, 6) is 0. The van der Waals surface area contributed by atoms with E-state index in [0.29, 0.717) is 15.9 Å². The maximum absolute atomic E-state index is 12.0. The lowest BCUT2D eigenvalue weighted by atomic mass is 10.2. The van der Waals surface area contributed by atoms with E-state index >= 15 is 0 Å². The smallest absolute Gasteiger partial charge is 0.264 e. The fourth-order valence-corrected chi connectivity index (χ4v) is 6.82. The van der Waals surface area contributed by atoms with Crippen LogP contribution in [0.1, 0.15) is 107 Å². The summed E-state index contributed by atoms with van der Waals surface area (Å²) in [7, 11) is 0. The van der Waals surface area contributed by atoms with Gasteiger partial charge >= 0.3 is 6.18 Å². The van der Waals surface area contributed by atoms with Crippen molar-refractivity contribution >= 4 is 34.8 Å². The Kier molecular flexibility index (Phi) is 40.2. The third-order valence-corrected chi connectivity index (χ3v) is 13.0.